The maximum atomic E-state index is 13.7. The molecule has 0 fully saturated rings. The number of phenols is 3. The van der Waals surface area contributed by atoms with E-state index in [-0.39, 0.29) is 34.5 Å². The number of fused-ring (bicyclic) bond motifs is 5. The van der Waals surface area contributed by atoms with Gasteiger partial charge in [0.15, 0.2) is 0 Å². The average Bonchev–Trinajstić information content (AvgIpc) is 0.756. The van der Waals surface area contributed by atoms with Crippen molar-refractivity contribution in [1.29, 1.82) is 0 Å². The second kappa shape index (κ2) is 52.7. The van der Waals surface area contributed by atoms with Crippen LogP contribution in [0.15, 0.2) is 171 Å². The molecule has 8 aromatic carbocycles. The Balaban J connectivity index is 0.000000194. The van der Waals surface area contributed by atoms with Crippen molar-refractivity contribution in [3.63, 3.8) is 0 Å². The summed E-state index contributed by atoms with van der Waals surface area (Å²) in [6, 6.07) is 48.6. The van der Waals surface area contributed by atoms with E-state index in [1.165, 1.54) is 126 Å². The Hall–Kier alpha value is -7.77. The molecule has 4 aromatic heterocycles. The fraction of sp³-hybridized carbons (Fsp3) is 0.441. The van der Waals surface area contributed by atoms with Gasteiger partial charge in [-0.1, -0.05) is 118 Å². The van der Waals surface area contributed by atoms with Crippen molar-refractivity contribution in [2.24, 2.45) is 26.7 Å². The van der Waals surface area contributed by atoms with Gasteiger partial charge in [0.1, 0.15) is 22.8 Å². The number of pyridine rings is 1. The molecular weight excluding hydrogens is 2070 g/mol. The van der Waals surface area contributed by atoms with Gasteiger partial charge in [-0.2, -0.15) is 47.3 Å². The molecule has 0 atom stereocenters. The zero-order valence-electron chi connectivity index (χ0n) is 86.4. The second-order valence-electron chi connectivity index (χ2n) is 41.2. The second-order valence-corrected chi connectivity index (χ2v) is 47.5. The summed E-state index contributed by atoms with van der Waals surface area (Å²) in [4.78, 5) is 16.4. The summed E-state index contributed by atoms with van der Waals surface area (Å²) in [5.41, 5.74) is 36.1. The maximum absolute atomic E-state index is 13.7. The Morgan fingerprint density at radius 2 is 0.662 bits per heavy atom. The molecule has 0 unspecified atom stereocenters. The van der Waals surface area contributed by atoms with Crippen LogP contribution in [0.5, 0.6) is 17.2 Å². The number of halogens is 5. The molecule has 4 aliphatic rings. The Kier molecular flexibility index (Phi) is 43.9. The molecule has 0 bridgehead atoms. The zero-order chi connectivity index (χ0) is 100. The molecule has 732 valence electrons. The van der Waals surface area contributed by atoms with Gasteiger partial charge in [0.25, 0.3) is 0 Å². The molecule has 0 radical (unpaired) electrons. The van der Waals surface area contributed by atoms with Crippen LogP contribution in [0.3, 0.4) is 0 Å². The van der Waals surface area contributed by atoms with Crippen molar-refractivity contribution in [1.82, 2.24) is 19.9 Å². The molecule has 18 heteroatoms. The van der Waals surface area contributed by atoms with Gasteiger partial charge in [-0.25, -0.2) is 0 Å². The topological polar surface area (TPSA) is 153 Å². The number of aromatic hydroxyl groups is 3. The van der Waals surface area contributed by atoms with Crippen LogP contribution >= 0.6 is 31.9 Å². The number of hydrogen-bond donors (Lipinski definition) is 3. The molecule has 12 aromatic rings. The summed E-state index contributed by atoms with van der Waals surface area (Å²) >= 11 is 6.18. The van der Waals surface area contributed by atoms with E-state index in [0.717, 1.165) is 154 Å². The molecule has 0 saturated heterocycles. The molecule has 4 heterocycles. The number of benzene rings is 8. The Labute approximate surface area is 855 Å². The van der Waals surface area contributed by atoms with Gasteiger partial charge in [0.05, 0.1) is 10.0 Å². The smallest absolute Gasteiger partial charge is 0.141 e. The third-order valence-corrected chi connectivity index (χ3v) is 33.7. The van der Waals surface area contributed by atoms with Gasteiger partial charge in [0.2, 0.25) is 0 Å². The largest absolute Gasteiger partial charge is 0.506 e. The third kappa shape index (κ3) is 34.0. The molecule has 0 spiro atoms. The van der Waals surface area contributed by atoms with E-state index in [4.69, 9.17) is 10.5 Å². The summed E-state index contributed by atoms with van der Waals surface area (Å²) in [6.07, 6.45) is 13.8. The quantitative estimate of drug-likeness (QED) is 0.122. The number of alkyl halides is 3. The molecule has 136 heavy (non-hydrogen) atoms. The number of aromatic nitrogens is 4. The molecule has 4 aliphatic carbocycles. The van der Waals surface area contributed by atoms with Gasteiger partial charge in [-0.05, 0) is 242 Å². The van der Waals surface area contributed by atoms with Crippen LogP contribution < -0.4 is 15.0 Å². The monoisotopic (exact) mass is 2220 g/mol. The summed E-state index contributed by atoms with van der Waals surface area (Å²) in [5.74, 6) is 2.25. The van der Waals surface area contributed by atoms with Crippen molar-refractivity contribution in [2.75, 3.05) is 0 Å². The van der Waals surface area contributed by atoms with Crippen molar-refractivity contribution in [3.05, 3.63) is 295 Å². The normalized spacial score (nSPS) is 13.1. The van der Waals surface area contributed by atoms with E-state index in [1.807, 2.05) is 110 Å². The van der Waals surface area contributed by atoms with Crippen LogP contribution in [-0.2, 0) is 111 Å². The van der Waals surface area contributed by atoms with Crippen LogP contribution in [0.4, 0.5) is 30.2 Å². The van der Waals surface area contributed by atoms with Gasteiger partial charge < -0.3 is 30.3 Å². The fourth-order valence-electron chi connectivity index (χ4n) is 17.1. The van der Waals surface area contributed by atoms with E-state index in [0.29, 0.717) is 52.3 Å². The molecule has 0 aliphatic heterocycles. The summed E-state index contributed by atoms with van der Waals surface area (Å²) in [7, 11) is 0. The van der Waals surface area contributed by atoms with Crippen LogP contribution in [0.2, 0.25) is 0 Å². The maximum Gasteiger partial charge on any atom is 0.141 e. The van der Waals surface area contributed by atoms with E-state index in [9.17, 15) is 28.5 Å². The minimum atomic E-state index is -4.55. The molecule has 0 saturated carbocycles. The van der Waals surface area contributed by atoms with Gasteiger partial charge in [-0.15, -0.1) is 0 Å². The van der Waals surface area contributed by atoms with Gasteiger partial charge in [0, 0.05) is 27.2 Å². The van der Waals surface area contributed by atoms with Crippen LogP contribution in [0.25, 0.3) is 33.2 Å². The minimum Gasteiger partial charge on any atom is -0.506 e. The number of phenolic OH excluding ortho intramolecular Hbond substituents is 3. The summed E-state index contributed by atoms with van der Waals surface area (Å²) in [5, 5.41) is 32.1. The van der Waals surface area contributed by atoms with E-state index in [1.54, 1.807) is 18.3 Å². The zero-order valence-corrected chi connectivity index (χ0v) is 95.6. The van der Waals surface area contributed by atoms with Crippen molar-refractivity contribution < 1.29 is 82.2 Å². The first-order chi connectivity index (χ1) is 63.9. The first kappa shape index (κ1) is 114. The molecule has 0 amide bonds. The number of nitrogens with zero attached hydrogens (tertiary/aromatic N) is 7. The standard InChI is InChI=1S/C23H25F3O.C21H22Br2O.2C12H17N.C9H7NO.C8H9N.3C6H8N.3C5H10.3Mo/c1-13-11-15-7-3-5-9-17(15)20(14(13)2)21-18-10-6-4-8-16(18)12-19(22(21)27)23(24,25)26;1-12-17(22)10-13-6-2-4-8-15(13)19(12)20-16-9-5-3-7-14(16)11-18(23)21(20)24;2*1-8(2)10-6-5-7-11(9(3)4)12(10)13;11-8-5-1-3-7-4-2-6-10-9(7)8;1-6-4-3-5-7(2)8(6)9;3*1-5-3-4-6(2)7-5;3*1-5(2,3)4;;;/h11-12,27H,3-10H2,1-2H3;10-11,24H,2-9H2,1H3;2*5-9H,1-4H3;1-6,11H;3-5H,1-2H3;3*3-4H,1-2H3;3*1H,2-4H3;;;/q;;;;;;3*-1;;;;;;. The number of rotatable bonds is 9. The third-order valence-electron chi connectivity index (χ3n) is 24.2. The minimum absolute atomic E-state index is 0.239. The number of hydrogen-bond acceptors (Lipinski definition) is 7. The van der Waals surface area contributed by atoms with E-state index < -0.39 is 53.3 Å². The fourth-order valence-corrected chi connectivity index (χ4v) is 23.3. The SMILES string of the molecule is CC(C)c1cccc(C(C)C)c1[N]=[Mo]=[CH]C(C)(C)C.CC(C)c1cccc(C(C)C)c1[N]=[Mo]=[CH]C(C)(C)C.Cc1c(Br)cc2c(c1-c1c(O)c(Br)cc3c1CCCC3)CCCC2.Cc1cc2c(c(-c3c(O)c(C(F)(F)F)cc4c3CCCC4)c1C)CCCC2.Cc1ccc(C)[n-]1.Cc1ccc(C)[n-]1.Cc1ccc(C)[n-]1.Cc1cccc(C)c1[N]=[Mo]=[CH]C(C)(C)C.Oc1cccc2cccnc12. The summed E-state index contributed by atoms with van der Waals surface area (Å²) in [6.45, 7) is 60.7. The van der Waals surface area contributed by atoms with Crippen LogP contribution in [-0.4, -0.2) is 33.5 Å². The van der Waals surface area contributed by atoms with Gasteiger partial charge in [-0.3, -0.25) is 4.98 Å². The molecule has 16 rings (SSSR count). The predicted molar refractivity (Wildman–Crippen MR) is 567 cm³/mol. The first-order valence-corrected chi connectivity index (χ1v) is 56.3. The van der Waals surface area contributed by atoms with Gasteiger partial charge >= 0.3 is 360 Å². The van der Waals surface area contributed by atoms with E-state index in [2.05, 4.69) is 276 Å². The molecular formula is C118H151Br2F3Mo3N7O3-3. The Morgan fingerprint density at radius 1 is 0.353 bits per heavy atom. The Bertz CT molecular complexity index is 5860. The average molecular weight is 2220 g/mol. The van der Waals surface area contributed by atoms with Crippen molar-refractivity contribution >= 4 is 73.0 Å². The first-order valence-electron chi connectivity index (χ1n) is 48.6. The Morgan fingerprint density at radius 3 is 1.01 bits per heavy atom. The van der Waals surface area contributed by atoms with E-state index >= 15 is 0 Å². The number of aryl methyl sites for hydroxylation is 13. The summed E-state index contributed by atoms with van der Waals surface area (Å²) < 4.78 is 65.0. The van der Waals surface area contributed by atoms with Crippen LogP contribution in [0, 0.1) is 92.4 Å². The van der Waals surface area contributed by atoms with Crippen molar-refractivity contribution in [3.8, 4) is 39.5 Å². The van der Waals surface area contributed by atoms with Crippen LogP contribution in [0.1, 0.15) is 327 Å². The molecule has 10 nitrogen and oxygen atoms in total. The predicted octanol–water partition coefficient (Wildman–Crippen LogP) is 34.2. The number of para-hydroxylation sites is 1. The van der Waals surface area contributed by atoms with Crippen molar-refractivity contribution in [2.45, 2.75) is 326 Å². The molecule has 3 N–H and O–H groups in total.